The highest BCUT2D eigenvalue weighted by Gasteiger charge is 2.27. The third-order valence-electron chi connectivity index (χ3n) is 2.38. The van der Waals surface area contributed by atoms with Crippen molar-refractivity contribution in [2.24, 2.45) is 0 Å². The molecule has 0 fully saturated rings. The summed E-state index contributed by atoms with van der Waals surface area (Å²) in [4.78, 5) is 0. The van der Waals surface area contributed by atoms with Crippen molar-refractivity contribution in [3.8, 4) is 5.75 Å². The molecule has 0 heterocycles. The quantitative estimate of drug-likeness (QED) is 0.620. The molecule has 1 unspecified atom stereocenters. The van der Waals surface area contributed by atoms with Crippen LogP contribution in [0, 0.1) is 5.82 Å². The molecule has 0 bridgehead atoms. The number of aliphatic hydroxyl groups excluding tert-OH is 1. The van der Waals surface area contributed by atoms with Crippen molar-refractivity contribution in [1.29, 1.82) is 0 Å². The van der Waals surface area contributed by atoms with E-state index in [1.54, 1.807) is 0 Å². The first-order valence-corrected chi connectivity index (χ1v) is 6.04. The molecule has 0 radical (unpaired) electrons. The number of benzene rings is 1. The topological polar surface area (TPSA) is 38.7 Å². The second kappa shape index (κ2) is 7.44. The first kappa shape index (κ1) is 16.7. The van der Waals surface area contributed by atoms with Gasteiger partial charge in [-0.2, -0.15) is 13.2 Å². The van der Waals surface area contributed by atoms with Gasteiger partial charge in [0.25, 0.3) is 0 Å². The molecule has 1 aromatic rings. The van der Waals surface area contributed by atoms with Crippen LogP contribution >= 0.6 is 0 Å². The van der Waals surface area contributed by atoms with Crippen molar-refractivity contribution in [2.75, 3.05) is 19.8 Å². The monoisotopic (exact) mass is 296 g/mol. The van der Waals surface area contributed by atoms with Crippen LogP contribution < -0.4 is 4.74 Å². The van der Waals surface area contributed by atoms with E-state index in [4.69, 9.17) is 4.74 Å². The van der Waals surface area contributed by atoms with Gasteiger partial charge in [0.05, 0.1) is 19.3 Å². The smallest absolute Gasteiger partial charge is 0.411 e. The Morgan fingerprint density at radius 1 is 1.25 bits per heavy atom. The van der Waals surface area contributed by atoms with Crippen LogP contribution in [0.2, 0.25) is 0 Å². The van der Waals surface area contributed by atoms with E-state index in [1.165, 1.54) is 19.1 Å². The lowest BCUT2D eigenvalue weighted by molar-refractivity contribution is -0.174. The predicted molar refractivity (Wildman–Crippen MR) is 64.0 cm³/mol. The summed E-state index contributed by atoms with van der Waals surface area (Å²) in [6.45, 7) is 0.165. The summed E-state index contributed by atoms with van der Waals surface area (Å²) in [5, 5.41) is 9.47. The molecule has 0 aliphatic carbocycles. The van der Waals surface area contributed by atoms with Crippen molar-refractivity contribution in [1.82, 2.24) is 0 Å². The second-order valence-corrected chi connectivity index (χ2v) is 4.23. The highest BCUT2D eigenvalue weighted by atomic mass is 19.4. The Morgan fingerprint density at radius 2 is 1.95 bits per heavy atom. The standard InChI is InChI=1S/C13H16F4O3/c1-9(18)11-4-3-10(14)7-12(11)20-6-2-5-19-8-13(15,16)17/h3-4,7,9,18H,2,5-6,8H2,1H3. The minimum absolute atomic E-state index is 0.0705. The van der Waals surface area contributed by atoms with Crippen LogP contribution in [0.15, 0.2) is 18.2 Å². The fourth-order valence-corrected chi connectivity index (χ4v) is 1.51. The van der Waals surface area contributed by atoms with E-state index in [2.05, 4.69) is 4.74 Å². The Labute approximate surface area is 114 Å². The summed E-state index contributed by atoms with van der Waals surface area (Å²) in [7, 11) is 0. The van der Waals surface area contributed by atoms with Gasteiger partial charge in [0.1, 0.15) is 18.2 Å². The van der Waals surface area contributed by atoms with E-state index in [-0.39, 0.29) is 25.4 Å². The summed E-state index contributed by atoms with van der Waals surface area (Å²) in [5.41, 5.74) is 0.419. The number of alkyl halides is 3. The van der Waals surface area contributed by atoms with Crippen LogP contribution in [0.1, 0.15) is 25.0 Å². The van der Waals surface area contributed by atoms with Crippen molar-refractivity contribution in [3.63, 3.8) is 0 Å². The highest BCUT2D eigenvalue weighted by molar-refractivity contribution is 5.35. The summed E-state index contributed by atoms with van der Waals surface area (Å²) >= 11 is 0. The molecule has 1 atom stereocenters. The molecule has 0 saturated carbocycles. The van der Waals surface area contributed by atoms with E-state index < -0.39 is 24.7 Å². The molecule has 1 N–H and O–H groups in total. The highest BCUT2D eigenvalue weighted by Crippen LogP contribution is 2.26. The molecule has 0 saturated heterocycles. The van der Waals surface area contributed by atoms with Crippen LogP contribution in [-0.2, 0) is 4.74 Å². The van der Waals surface area contributed by atoms with Gasteiger partial charge >= 0.3 is 6.18 Å². The van der Waals surface area contributed by atoms with Crippen molar-refractivity contribution in [3.05, 3.63) is 29.6 Å². The molecule has 20 heavy (non-hydrogen) atoms. The molecule has 3 nitrogen and oxygen atoms in total. The number of hydrogen-bond acceptors (Lipinski definition) is 3. The van der Waals surface area contributed by atoms with Crippen molar-refractivity contribution >= 4 is 0 Å². The van der Waals surface area contributed by atoms with Gasteiger partial charge in [0.2, 0.25) is 0 Å². The lowest BCUT2D eigenvalue weighted by Crippen LogP contribution is -2.18. The van der Waals surface area contributed by atoms with Crippen LogP contribution in [0.25, 0.3) is 0 Å². The predicted octanol–water partition coefficient (Wildman–Crippen LogP) is 3.23. The first-order valence-electron chi connectivity index (χ1n) is 6.04. The van der Waals surface area contributed by atoms with E-state index in [1.807, 2.05) is 0 Å². The lowest BCUT2D eigenvalue weighted by atomic mass is 10.1. The molecule has 114 valence electrons. The zero-order chi connectivity index (χ0) is 15.2. The van der Waals surface area contributed by atoms with Crippen molar-refractivity contribution < 1.29 is 32.1 Å². The van der Waals surface area contributed by atoms with E-state index in [0.29, 0.717) is 5.56 Å². The minimum atomic E-state index is -4.34. The van der Waals surface area contributed by atoms with Gasteiger partial charge in [-0.1, -0.05) is 0 Å². The average Bonchev–Trinajstić information content (AvgIpc) is 2.32. The van der Waals surface area contributed by atoms with Gasteiger partial charge in [-0.3, -0.25) is 0 Å². The summed E-state index contributed by atoms with van der Waals surface area (Å²) in [5.74, 6) is -0.339. The average molecular weight is 296 g/mol. The molecule has 1 rings (SSSR count). The number of halogens is 4. The van der Waals surface area contributed by atoms with Gasteiger partial charge in [-0.05, 0) is 19.1 Å². The van der Waals surface area contributed by atoms with Crippen LogP contribution in [0.4, 0.5) is 17.6 Å². The maximum atomic E-state index is 13.1. The lowest BCUT2D eigenvalue weighted by Gasteiger charge is -2.13. The maximum Gasteiger partial charge on any atom is 0.411 e. The third kappa shape index (κ3) is 6.21. The second-order valence-electron chi connectivity index (χ2n) is 4.23. The number of rotatable bonds is 7. The molecule has 0 aliphatic heterocycles. The normalized spacial score (nSPS) is 13.3. The summed E-state index contributed by atoms with van der Waals surface area (Å²) in [6, 6.07) is 3.72. The van der Waals surface area contributed by atoms with Gasteiger partial charge in [0.15, 0.2) is 0 Å². The number of aliphatic hydroxyl groups is 1. The van der Waals surface area contributed by atoms with Gasteiger partial charge < -0.3 is 14.6 Å². The fraction of sp³-hybridized carbons (Fsp3) is 0.538. The van der Waals surface area contributed by atoms with E-state index >= 15 is 0 Å². The Balaban J connectivity index is 2.37. The molecular weight excluding hydrogens is 280 g/mol. The Hall–Kier alpha value is -1.34. The SMILES string of the molecule is CC(O)c1ccc(F)cc1OCCCOCC(F)(F)F. The molecule has 0 spiro atoms. The number of hydrogen-bond donors (Lipinski definition) is 1. The zero-order valence-corrected chi connectivity index (χ0v) is 10.9. The van der Waals surface area contributed by atoms with Gasteiger partial charge in [-0.25, -0.2) is 4.39 Å². The fourth-order valence-electron chi connectivity index (χ4n) is 1.51. The molecule has 0 aliphatic rings. The Morgan fingerprint density at radius 3 is 2.55 bits per heavy atom. The van der Waals surface area contributed by atoms with E-state index in [9.17, 15) is 22.7 Å². The van der Waals surface area contributed by atoms with Crippen molar-refractivity contribution in [2.45, 2.75) is 25.6 Å². The molecule has 7 heteroatoms. The number of ether oxygens (including phenoxy) is 2. The third-order valence-corrected chi connectivity index (χ3v) is 2.38. The van der Waals surface area contributed by atoms with Gasteiger partial charge in [0, 0.05) is 18.1 Å². The molecule has 1 aromatic carbocycles. The maximum absolute atomic E-state index is 13.1. The Bertz CT molecular complexity index is 419. The van der Waals surface area contributed by atoms with Crippen LogP contribution in [0.3, 0.4) is 0 Å². The zero-order valence-electron chi connectivity index (χ0n) is 10.9. The summed E-state index contributed by atoms with van der Waals surface area (Å²) in [6.07, 6.45) is -4.94. The molecule has 0 aromatic heterocycles. The Kier molecular flexibility index (Phi) is 6.22. The van der Waals surface area contributed by atoms with Gasteiger partial charge in [-0.15, -0.1) is 0 Å². The van der Waals surface area contributed by atoms with E-state index in [0.717, 1.165) is 6.07 Å². The molecular formula is C13H16F4O3. The minimum Gasteiger partial charge on any atom is -0.493 e. The largest absolute Gasteiger partial charge is 0.493 e. The molecule has 0 amide bonds. The van der Waals surface area contributed by atoms with Crippen LogP contribution in [-0.4, -0.2) is 31.1 Å². The first-order chi connectivity index (χ1) is 9.29. The van der Waals surface area contributed by atoms with Crippen LogP contribution in [0.5, 0.6) is 5.75 Å². The summed E-state index contributed by atoms with van der Waals surface area (Å²) < 4.78 is 58.1.